The first-order valence-electron chi connectivity index (χ1n) is 11.0. The van der Waals surface area contributed by atoms with Gasteiger partial charge in [0.25, 0.3) is 0 Å². The molecule has 32 heavy (non-hydrogen) atoms. The van der Waals surface area contributed by atoms with Gasteiger partial charge in [-0.05, 0) is 56.3 Å². The Kier molecular flexibility index (Phi) is 4.21. The van der Waals surface area contributed by atoms with E-state index in [2.05, 4.69) is 29.1 Å². The van der Waals surface area contributed by atoms with Crippen LogP contribution in [0.2, 0.25) is 0 Å². The van der Waals surface area contributed by atoms with Gasteiger partial charge in [0.1, 0.15) is 6.10 Å². The number of esters is 2. The first kappa shape index (κ1) is 19.5. The lowest BCUT2D eigenvalue weighted by atomic mass is 9.53. The molecule has 2 bridgehead atoms. The van der Waals surface area contributed by atoms with E-state index in [1.165, 1.54) is 18.7 Å². The molecule has 7 heteroatoms. The van der Waals surface area contributed by atoms with Crippen LogP contribution in [0.1, 0.15) is 34.8 Å². The Morgan fingerprint density at radius 2 is 2.12 bits per heavy atom. The highest BCUT2D eigenvalue weighted by Crippen LogP contribution is 2.62. The Morgan fingerprint density at radius 1 is 1.25 bits per heavy atom. The Labute approximate surface area is 186 Å². The van der Waals surface area contributed by atoms with Gasteiger partial charge in [0, 0.05) is 42.3 Å². The van der Waals surface area contributed by atoms with Crippen LogP contribution in [0.5, 0.6) is 11.5 Å². The number of nitrogens with zero attached hydrogens (tertiary/aromatic N) is 2. The van der Waals surface area contributed by atoms with Gasteiger partial charge in [-0.1, -0.05) is 12.1 Å². The molecule has 0 saturated carbocycles. The Balaban J connectivity index is 1.45. The van der Waals surface area contributed by atoms with Crippen molar-refractivity contribution in [3.63, 3.8) is 0 Å². The van der Waals surface area contributed by atoms with Crippen LogP contribution >= 0.6 is 0 Å². The molecule has 2 aromatic rings. The highest BCUT2D eigenvalue weighted by atomic mass is 16.6. The van der Waals surface area contributed by atoms with Gasteiger partial charge in [0.2, 0.25) is 0 Å². The number of carbonyl (C=O) groups is 2. The van der Waals surface area contributed by atoms with Crippen LogP contribution in [0.4, 0.5) is 0 Å². The zero-order chi connectivity index (χ0) is 22.0. The van der Waals surface area contributed by atoms with Crippen molar-refractivity contribution in [3.8, 4) is 11.5 Å². The van der Waals surface area contributed by atoms with E-state index >= 15 is 0 Å². The number of hydrogen-bond acceptors (Lipinski definition) is 7. The molecule has 7 nitrogen and oxygen atoms in total. The fourth-order valence-electron chi connectivity index (χ4n) is 6.22. The van der Waals surface area contributed by atoms with E-state index in [4.69, 9.17) is 14.2 Å². The number of piperidine rings is 1. The SMILES string of the molecule is CC(=O)Oc1ccc2c3c1OC1[C@H](OC(=O)c4cccnc4)C=C[C@H]4[C@@H](C2)N(C)CC[C@]314. The highest BCUT2D eigenvalue weighted by Gasteiger charge is 2.65. The maximum absolute atomic E-state index is 12.8. The van der Waals surface area contributed by atoms with Crippen molar-refractivity contribution in [1.29, 1.82) is 0 Å². The van der Waals surface area contributed by atoms with Gasteiger partial charge >= 0.3 is 11.9 Å². The van der Waals surface area contributed by atoms with Gasteiger partial charge < -0.3 is 19.1 Å². The minimum absolute atomic E-state index is 0.237. The number of pyridine rings is 1. The van der Waals surface area contributed by atoms with E-state index in [-0.39, 0.29) is 23.4 Å². The molecule has 6 rings (SSSR count). The second-order valence-electron chi connectivity index (χ2n) is 9.12. The molecule has 3 heterocycles. The van der Waals surface area contributed by atoms with E-state index in [0.29, 0.717) is 23.1 Å². The zero-order valence-corrected chi connectivity index (χ0v) is 18.0. The van der Waals surface area contributed by atoms with E-state index in [9.17, 15) is 9.59 Å². The smallest absolute Gasteiger partial charge is 0.340 e. The molecule has 0 amide bonds. The molecule has 4 aliphatic rings. The molecule has 0 radical (unpaired) electrons. The van der Waals surface area contributed by atoms with Gasteiger partial charge in [-0.25, -0.2) is 4.79 Å². The third kappa shape index (κ3) is 2.60. The van der Waals surface area contributed by atoms with Crippen LogP contribution in [-0.4, -0.2) is 53.7 Å². The lowest BCUT2D eigenvalue weighted by Gasteiger charge is -2.56. The average molecular weight is 432 g/mol. The van der Waals surface area contributed by atoms with Crippen LogP contribution in [0, 0.1) is 5.92 Å². The molecule has 2 aliphatic heterocycles. The average Bonchev–Trinajstić information content (AvgIpc) is 3.14. The predicted octanol–water partition coefficient (Wildman–Crippen LogP) is 2.68. The van der Waals surface area contributed by atoms with Crippen molar-refractivity contribution >= 4 is 11.9 Å². The summed E-state index contributed by atoms with van der Waals surface area (Å²) in [6.45, 7) is 2.32. The molecule has 1 spiro atoms. The molecule has 1 aromatic carbocycles. The van der Waals surface area contributed by atoms with Crippen molar-refractivity contribution in [2.24, 2.45) is 5.92 Å². The second kappa shape index (κ2) is 6.90. The number of benzene rings is 1. The number of likely N-dealkylation sites (N-methyl/N-ethyl adjacent to an activating group) is 1. The Bertz CT molecular complexity index is 1150. The number of ether oxygens (including phenoxy) is 3. The van der Waals surface area contributed by atoms with Gasteiger partial charge in [0.05, 0.1) is 5.56 Å². The van der Waals surface area contributed by atoms with E-state index < -0.39 is 12.1 Å². The molecular formula is C25H24N2O5. The summed E-state index contributed by atoms with van der Waals surface area (Å²) in [6.07, 6.45) is 8.16. The fraction of sp³-hybridized carbons (Fsp3) is 0.400. The molecule has 1 unspecified atom stereocenters. The molecule has 1 aromatic heterocycles. The maximum Gasteiger partial charge on any atom is 0.340 e. The second-order valence-corrected chi connectivity index (χ2v) is 9.12. The van der Waals surface area contributed by atoms with Gasteiger partial charge in [-0.3, -0.25) is 9.78 Å². The molecular weight excluding hydrogens is 408 g/mol. The van der Waals surface area contributed by atoms with Crippen LogP contribution in [0.3, 0.4) is 0 Å². The van der Waals surface area contributed by atoms with Crippen molar-refractivity contribution in [1.82, 2.24) is 9.88 Å². The number of carbonyl (C=O) groups excluding carboxylic acids is 2. The predicted molar refractivity (Wildman–Crippen MR) is 115 cm³/mol. The van der Waals surface area contributed by atoms with Gasteiger partial charge in [0.15, 0.2) is 17.6 Å². The van der Waals surface area contributed by atoms with Gasteiger partial charge in [-0.15, -0.1) is 0 Å². The van der Waals surface area contributed by atoms with Gasteiger partial charge in [-0.2, -0.15) is 0 Å². The summed E-state index contributed by atoms with van der Waals surface area (Å²) >= 11 is 0. The lowest BCUT2D eigenvalue weighted by molar-refractivity contribution is -0.132. The molecule has 5 atom stereocenters. The third-order valence-corrected chi connectivity index (χ3v) is 7.51. The summed E-state index contributed by atoms with van der Waals surface area (Å²) in [5, 5.41) is 0. The largest absolute Gasteiger partial charge is 0.481 e. The fourth-order valence-corrected chi connectivity index (χ4v) is 6.22. The van der Waals surface area contributed by atoms with Crippen molar-refractivity contribution < 1.29 is 23.8 Å². The quantitative estimate of drug-likeness (QED) is 0.419. The van der Waals surface area contributed by atoms with Crippen molar-refractivity contribution in [2.45, 2.75) is 43.4 Å². The number of rotatable bonds is 3. The maximum atomic E-state index is 12.8. The van der Waals surface area contributed by atoms with E-state index in [1.54, 1.807) is 18.3 Å². The molecule has 1 fully saturated rings. The van der Waals surface area contributed by atoms with Crippen molar-refractivity contribution in [2.75, 3.05) is 13.6 Å². The Hall–Kier alpha value is -3.19. The van der Waals surface area contributed by atoms with Crippen molar-refractivity contribution in [3.05, 3.63) is 65.5 Å². The summed E-state index contributed by atoms with van der Waals surface area (Å²) in [5.74, 6) is 0.489. The number of likely N-dealkylation sites (tertiary alicyclic amines) is 1. The molecule has 164 valence electrons. The van der Waals surface area contributed by atoms with E-state index in [0.717, 1.165) is 24.9 Å². The van der Waals surface area contributed by atoms with Crippen LogP contribution in [0.15, 0.2) is 48.8 Å². The van der Waals surface area contributed by atoms with Crippen LogP contribution in [-0.2, 0) is 21.4 Å². The lowest BCUT2D eigenvalue weighted by Crippen LogP contribution is -2.65. The minimum atomic E-state index is -0.549. The standard InChI is InChI=1S/C25H24N2O5/c1-14(28)30-19-7-5-15-12-18-17-6-8-20(31-24(29)16-4-3-10-26-13-16)23-25(17,9-11-27(18)2)21(15)22(19)32-23/h3-8,10,13,17-18,20,23H,9,11-12H2,1-2H3/t17-,18+,20+,23?,25-/m0/s1. The topological polar surface area (TPSA) is 78.0 Å². The normalized spacial score (nSPS) is 31.4. The highest BCUT2D eigenvalue weighted by molar-refractivity contribution is 5.89. The number of aromatic nitrogens is 1. The van der Waals surface area contributed by atoms with Crippen LogP contribution < -0.4 is 9.47 Å². The number of hydrogen-bond donors (Lipinski definition) is 0. The summed E-state index contributed by atoms with van der Waals surface area (Å²) in [5.41, 5.74) is 2.44. The monoisotopic (exact) mass is 432 g/mol. The zero-order valence-electron chi connectivity index (χ0n) is 18.0. The first-order chi connectivity index (χ1) is 15.5. The first-order valence-corrected chi connectivity index (χ1v) is 11.0. The Morgan fingerprint density at radius 3 is 2.91 bits per heavy atom. The van der Waals surface area contributed by atoms with Crippen LogP contribution in [0.25, 0.3) is 0 Å². The molecule has 2 aliphatic carbocycles. The molecule has 1 saturated heterocycles. The van der Waals surface area contributed by atoms with E-state index in [1.807, 2.05) is 12.1 Å². The molecule has 0 N–H and O–H groups in total. The summed E-state index contributed by atoms with van der Waals surface area (Å²) in [6, 6.07) is 7.63. The summed E-state index contributed by atoms with van der Waals surface area (Å²) < 4.78 is 18.0. The third-order valence-electron chi connectivity index (χ3n) is 7.51. The summed E-state index contributed by atoms with van der Waals surface area (Å²) in [4.78, 5) is 31.0. The minimum Gasteiger partial charge on any atom is -0.481 e. The summed E-state index contributed by atoms with van der Waals surface area (Å²) in [7, 11) is 2.17.